The van der Waals surface area contributed by atoms with E-state index in [9.17, 15) is 9.59 Å². The summed E-state index contributed by atoms with van der Waals surface area (Å²) < 4.78 is 7.66. The average molecular weight is 438 g/mol. The van der Waals surface area contributed by atoms with E-state index in [1.807, 2.05) is 47.7 Å². The van der Waals surface area contributed by atoms with Crippen LogP contribution in [0.5, 0.6) is 5.75 Å². The van der Waals surface area contributed by atoms with Crippen molar-refractivity contribution in [3.63, 3.8) is 0 Å². The van der Waals surface area contributed by atoms with E-state index < -0.39 is 0 Å². The molecule has 170 valence electrons. The number of ether oxygens (including phenoxy) is 1. The number of hydrogen-bond acceptors (Lipinski definition) is 5. The maximum absolute atomic E-state index is 13.3. The second-order valence-corrected chi connectivity index (χ2v) is 9.43. The van der Waals surface area contributed by atoms with Crippen LogP contribution in [0.2, 0.25) is 0 Å². The summed E-state index contributed by atoms with van der Waals surface area (Å²) in [7, 11) is 1.97. The highest BCUT2D eigenvalue weighted by atomic mass is 16.5. The summed E-state index contributed by atoms with van der Waals surface area (Å²) in [6.07, 6.45) is 5.46. The first-order valence-electron chi connectivity index (χ1n) is 11.7. The molecule has 1 spiro atoms. The van der Waals surface area contributed by atoms with Gasteiger partial charge < -0.3 is 19.1 Å². The van der Waals surface area contributed by atoms with Gasteiger partial charge in [0.15, 0.2) is 0 Å². The molecule has 3 fully saturated rings. The monoisotopic (exact) mass is 437 g/mol. The standard InChI is InChI=1S/C24H31N5O3/c1-3-32-20-7-5-4-6-18(20)23(31)28-12-10-24(11-13-28)15-29(22(30)17-8-9-17)14-19(24)21-26-25-16-27(21)2/h4-7,16-17,19H,3,8-15H2,1-2H3. The van der Waals surface area contributed by atoms with Gasteiger partial charge in [0.2, 0.25) is 5.91 Å². The van der Waals surface area contributed by atoms with Gasteiger partial charge in [-0.2, -0.15) is 0 Å². The Morgan fingerprint density at radius 2 is 1.91 bits per heavy atom. The highest BCUT2D eigenvalue weighted by Gasteiger charge is 2.53. The second-order valence-electron chi connectivity index (χ2n) is 9.43. The number of aryl methyl sites for hydroxylation is 1. The number of para-hydroxylation sites is 1. The summed E-state index contributed by atoms with van der Waals surface area (Å²) in [5, 5.41) is 8.52. The van der Waals surface area contributed by atoms with Crippen molar-refractivity contribution >= 4 is 11.8 Å². The molecule has 8 heteroatoms. The lowest BCUT2D eigenvalue weighted by molar-refractivity contribution is -0.132. The fourth-order valence-electron chi connectivity index (χ4n) is 5.45. The van der Waals surface area contributed by atoms with Gasteiger partial charge in [-0.1, -0.05) is 12.1 Å². The van der Waals surface area contributed by atoms with Gasteiger partial charge in [0.1, 0.15) is 17.9 Å². The minimum absolute atomic E-state index is 0.0167. The highest BCUT2D eigenvalue weighted by Crippen LogP contribution is 2.50. The zero-order valence-electron chi connectivity index (χ0n) is 18.9. The van der Waals surface area contributed by atoms with Gasteiger partial charge >= 0.3 is 0 Å². The molecule has 5 rings (SSSR count). The predicted octanol–water partition coefficient (Wildman–Crippen LogP) is 2.47. The van der Waals surface area contributed by atoms with Gasteiger partial charge in [0, 0.05) is 50.5 Å². The Labute approximate surface area is 188 Å². The summed E-state index contributed by atoms with van der Waals surface area (Å²) >= 11 is 0. The van der Waals surface area contributed by atoms with E-state index in [0.717, 1.165) is 38.1 Å². The van der Waals surface area contributed by atoms with Crippen molar-refractivity contribution in [3.05, 3.63) is 42.0 Å². The van der Waals surface area contributed by atoms with Crippen molar-refractivity contribution in [3.8, 4) is 5.75 Å². The molecule has 0 bridgehead atoms. The predicted molar refractivity (Wildman–Crippen MR) is 118 cm³/mol. The van der Waals surface area contributed by atoms with Crippen LogP contribution in [0.15, 0.2) is 30.6 Å². The maximum atomic E-state index is 13.3. The van der Waals surface area contributed by atoms with Crippen LogP contribution in [-0.2, 0) is 11.8 Å². The van der Waals surface area contributed by atoms with E-state index in [0.29, 0.717) is 37.6 Å². The first-order valence-corrected chi connectivity index (χ1v) is 11.7. The Morgan fingerprint density at radius 3 is 2.56 bits per heavy atom. The third-order valence-electron chi connectivity index (χ3n) is 7.41. The Balaban J connectivity index is 1.35. The SMILES string of the molecule is CCOc1ccccc1C(=O)N1CCC2(CC1)CN(C(=O)C1CC1)CC2c1nncn1C. The molecule has 1 aliphatic carbocycles. The zero-order valence-corrected chi connectivity index (χ0v) is 18.9. The quantitative estimate of drug-likeness (QED) is 0.718. The Bertz CT molecular complexity index is 1010. The third-order valence-corrected chi connectivity index (χ3v) is 7.41. The molecule has 3 aliphatic rings. The lowest BCUT2D eigenvalue weighted by Crippen LogP contribution is -2.46. The number of carbonyl (C=O) groups is 2. The number of rotatable bonds is 5. The van der Waals surface area contributed by atoms with Crippen molar-refractivity contribution < 1.29 is 14.3 Å². The summed E-state index contributed by atoms with van der Waals surface area (Å²) in [6, 6.07) is 7.46. The van der Waals surface area contributed by atoms with E-state index in [2.05, 4.69) is 15.1 Å². The van der Waals surface area contributed by atoms with Crippen molar-refractivity contribution in [1.82, 2.24) is 24.6 Å². The van der Waals surface area contributed by atoms with Gasteiger partial charge in [-0.3, -0.25) is 9.59 Å². The Hall–Kier alpha value is -2.90. The number of nitrogens with zero attached hydrogens (tertiary/aromatic N) is 5. The lowest BCUT2D eigenvalue weighted by atomic mass is 9.70. The Kier molecular flexibility index (Phi) is 5.39. The normalized spacial score (nSPS) is 22.4. The maximum Gasteiger partial charge on any atom is 0.257 e. The van der Waals surface area contributed by atoms with Crippen LogP contribution in [0, 0.1) is 11.3 Å². The third kappa shape index (κ3) is 3.65. The van der Waals surface area contributed by atoms with Crippen molar-refractivity contribution in [2.75, 3.05) is 32.8 Å². The topological polar surface area (TPSA) is 80.6 Å². The molecule has 2 amide bonds. The molecular formula is C24H31N5O3. The molecule has 2 aliphatic heterocycles. The lowest BCUT2D eigenvalue weighted by Gasteiger charge is -2.42. The van der Waals surface area contributed by atoms with Crippen molar-refractivity contribution in [2.45, 2.75) is 38.5 Å². The number of amides is 2. The van der Waals surface area contributed by atoms with Gasteiger partial charge in [0.25, 0.3) is 5.91 Å². The average Bonchev–Trinajstić information content (AvgIpc) is 3.48. The first kappa shape index (κ1) is 21.0. The van der Waals surface area contributed by atoms with E-state index in [1.165, 1.54) is 0 Å². The number of benzene rings is 1. The molecule has 1 atom stereocenters. The molecule has 0 N–H and O–H groups in total. The molecule has 1 aromatic heterocycles. The molecule has 3 heterocycles. The smallest absolute Gasteiger partial charge is 0.257 e. The molecule has 0 radical (unpaired) electrons. The largest absolute Gasteiger partial charge is 0.493 e. The zero-order chi connectivity index (χ0) is 22.3. The minimum Gasteiger partial charge on any atom is -0.493 e. The number of piperidine rings is 1. The Morgan fingerprint density at radius 1 is 1.16 bits per heavy atom. The fourth-order valence-corrected chi connectivity index (χ4v) is 5.45. The van der Waals surface area contributed by atoms with Crippen LogP contribution >= 0.6 is 0 Å². The van der Waals surface area contributed by atoms with Gasteiger partial charge in [0.05, 0.1) is 12.2 Å². The summed E-state index contributed by atoms with van der Waals surface area (Å²) in [4.78, 5) is 30.2. The molecule has 8 nitrogen and oxygen atoms in total. The number of hydrogen-bond donors (Lipinski definition) is 0. The fraction of sp³-hybridized carbons (Fsp3) is 0.583. The molecule has 1 unspecified atom stereocenters. The van der Waals surface area contributed by atoms with E-state index in [4.69, 9.17) is 4.74 Å². The molecule has 2 aromatic rings. The van der Waals surface area contributed by atoms with E-state index in [-0.39, 0.29) is 29.1 Å². The minimum atomic E-state index is -0.0679. The van der Waals surface area contributed by atoms with Gasteiger partial charge in [-0.05, 0) is 44.7 Å². The van der Waals surface area contributed by atoms with Gasteiger partial charge in [-0.15, -0.1) is 10.2 Å². The number of likely N-dealkylation sites (tertiary alicyclic amines) is 2. The molecule has 1 saturated carbocycles. The van der Waals surface area contributed by atoms with Crippen LogP contribution in [0.1, 0.15) is 54.7 Å². The molecule has 1 aromatic carbocycles. The van der Waals surface area contributed by atoms with Crippen LogP contribution < -0.4 is 4.74 Å². The molecular weight excluding hydrogens is 406 g/mol. The molecule has 2 saturated heterocycles. The summed E-state index contributed by atoms with van der Waals surface area (Å²) in [6.45, 7) is 5.23. The van der Waals surface area contributed by atoms with Gasteiger partial charge in [-0.25, -0.2) is 0 Å². The van der Waals surface area contributed by atoms with Crippen LogP contribution in [-0.4, -0.2) is 69.2 Å². The summed E-state index contributed by atoms with van der Waals surface area (Å²) in [5.41, 5.74) is 0.550. The first-order chi connectivity index (χ1) is 15.5. The van der Waals surface area contributed by atoms with Crippen LogP contribution in [0.3, 0.4) is 0 Å². The van der Waals surface area contributed by atoms with Crippen LogP contribution in [0.25, 0.3) is 0 Å². The number of aromatic nitrogens is 3. The van der Waals surface area contributed by atoms with Crippen molar-refractivity contribution in [2.24, 2.45) is 18.4 Å². The van der Waals surface area contributed by atoms with E-state index >= 15 is 0 Å². The van der Waals surface area contributed by atoms with E-state index in [1.54, 1.807) is 6.33 Å². The van der Waals surface area contributed by atoms with Crippen molar-refractivity contribution in [1.29, 1.82) is 0 Å². The second kappa shape index (κ2) is 8.22. The van der Waals surface area contributed by atoms with Crippen LogP contribution in [0.4, 0.5) is 0 Å². The summed E-state index contributed by atoms with van der Waals surface area (Å²) in [5.74, 6) is 2.24. The highest BCUT2D eigenvalue weighted by molar-refractivity contribution is 5.97. The molecule has 32 heavy (non-hydrogen) atoms. The number of carbonyl (C=O) groups excluding carboxylic acids is 2.